The van der Waals surface area contributed by atoms with E-state index in [9.17, 15) is 9.90 Å². The third kappa shape index (κ3) is 4.80. The molecule has 0 aromatic heterocycles. The van der Waals surface area contributed by atoms with Crippen molar-refractivity contribution < 1.29 is 19.4 Å². The molecule has 0 spiro atoms. The van der Waals surface area contributed by atoms with Crippen molar-refractivity contribution in [3.05, 3.63) is 11.6 Å². The molecule has 3 atom stereocenters. The molecule has 2 aliphatic rings. The predicted molar refractivity (Wildman–Crippen MR) is 103 cm³/mol. The molecule has 1 saturated heterocycles. The van der Waals surface area contributed by atoms with Crippen molar-refractivity contribution in [3.8, 4) is 0 Å². The van der Waals surface area contributed by atoms with Crippen molar-refractivity contribution in [2.45, 2.75) is 98.1 Å². The molecule has 1 aliphatic heterocycles. The van der Waals surface area contributed by atoms with Crippen LogP contribution in [0.2, 0.25) is 0 Å². The summed E-state index contributed by atoms with van der Waals surface area (Å²) < 4.78 is 11.4. The van der Waals surface area contributed by atoms with Crippen LogP contribution >= 0.6 is 0 Å². The van der Waals surface area contributed by atoms with E-state index in [1.54, 1.807) is 4.90 Å². The molecule has 1 fully saturated rings. The molecule has 150 valence electrons. The van der Waals surface area contributed by atoms with Gasteiger partial charge < -0.3 is 14.6 Å². The molecule has 26 heavy (non-hydrogen) atoms. The van der Waals surface area contributed by atoms with Crippen LogP contribution in [0.5, 0.6) is 0 Å². The van der Waals surface area contributed by atoms with Crippen molar-refractivity contribution in [3.63, 3.8) is 0 Å². The number of hydrogen-bond acceptors (Lipinski definition) is 4. The SMILES string of the molecule is CC(C)(C)OC(=O)N1C(C(O)C2=CC[C@H](C(C)(C)C)CC2)COC1(C)C. The van der Waals surface area contributed by atoms with Gasteiger partial charge in [-0.25, -0.2) is 4.79 Å². The molecule has 0 radical (unpaired) electrons. The van der Waals surface area contributed by atoms with E-state index in [1.165, 1.54) is 0 Å². The molecular weight excluding hydrogens is 330 g/mol. The Morgan fingerprint density at radius 1 is 1.31 bits per heavy atom. The average Bonchev–Trinajstić information content (AvgIpc) is 2.79. The van der Waals surface area contributed by atoms with Crippen LogP contribution < -0.4 is 0 Å². The number of rotatable bonds is 2. The summed E-state index contributed by atoms with van der Waals surface area (Å²) in [5.74, 6) is 0.622. The molecule has 0 bridgehead atoms. The number of allylic oxidation sites excluding steroid dienone is 1. The minimum atomic E-state index is -0.794. The lowest BCUT2D eigenvalue weighted by molar-refractivity contribution is -0.0665. The van der Waals surface area contributed by atoms with E-state index in [0.717, 1.165) is 24.8 Å². The molecule has 1 heterocycles. The summed E-state index contributed by atoms with van der Waals surface area (Å²) in [6.45, 7) is 16.3. The monoisotopic (exact) mass is 367 g/mol. The van der Waals surface area contributed by atoms with Gasteiger partial charge in [0.15, 0.2) is 0 Å². The lowest BCUT2D eigenvalue weighted by Crippen LogP contribution is -2.53. The van der Waals surface area contributed by atoms with Gasteiger partial charge in [0.1, 0.15) is 11.3 Å². The number of hydrogen-bond donors (Lipinski definition) is 1. The fourth-order valence-corrected chi connectivity index (χ4v) is 3.89. The molecular formula is C21H37NO4. The third-order valence-corrected chi connectivity index (χ3v) is 5.52. The van der Waals surface area contributed by atoms with E-state index in [-0.39, 0.29) is 5.41 Å². The molecule has 5 heteroatoms. The van der Waals surface area contributed by atoms with E-state index >= 15 is 0 Å². The number of carbonyl (C=O) groups is 1. The molecule has 1 N–H and O–H groups in total. The summed E-state index contributed by atoms with van der Waals surface area (Å²) in [6.07, 6.45) is 3.92. The number of amides is 1. The average molecular weight is 368 g/mol. The Hall–Kier alpha value is -1.07. The second-order valence-corrected chi connectivity index (χ2v) is 10.2. The number of nitrogens with zero attached hydrogens (tertiary/aromatic N) is 1. The minimum Gasteiger partial charge on any atom is -0.444 e. The standard InChI is InChI=1S/C21H37NO4/c1-19(2,3)15-11-9-14(10-12-15)17(23)16-13-25-21(7,8)22(16)18(24)26-20(4,5)6/h9,15-17,23H,10-13H2,1-8H3/t15-,16?,17?/m0/s1. The Morgan fingerprint density at radius 3 is 2.38 bits per heavy atom. The highest BCUT2D eigenvalue weighted by atomic mass is 16.6. The Labute approximate surface area is 158 Å². The highest BCUT2D eigenvalue weighted by Crippen LogP contribution is 2.40. The first-order valence-electron chi connectivity index (χ1n) is 9.75. The summed E-state index contributed by atoms with van der Waals surface area (Å²) in [5.41, 5.74) is -0.0918. The molecule has 1 aliphatic carbocycles. The highest BCUT2D eigenvalue weighted by Gasteiger charge is 2.49. The van der Waals surface area contributed by atoms with E-state index in [2.05, 4.69) is 26.8 Å². The van der Waals surface area contributed by atoms with Gasteiger partial charge in [0.05, 0.1) is 18.8 Å². The lowest BCUT2D eigenvalue weighted by atomic mass is 9.72. The zero-order valence-electron chi connectivity index (χ0n) is 17.8. The van der Waals surface area contributed by atoms with E-state index in [0.29, 0.717) is 12.5 Å². The first-order valence-corrected chi connectivity index (χ1v) is 9.75. The second kappa shape index (κ2) is 7.16. The van der Waals surface area contributed by atoms with Gasteiger partial charge in [0.2, 0.25) is 0 Å². The summed E-state index contributed by atoms with van der Waals surface area (Å²) >= 11 is 0. The first kappa shape index (κ1) is 21.2. The normalized spacial score (nSPS) is 27.9. The van der Waals surface area contributed by atoms with Crippen LogP contribution in [0.15, 0.2) is 11.6 Å². The largest absolute Gasteiger partial charge is 0.444 e. The van der Waals surface area contributed by atoms with Crippen LogP contribution in [0, 0.1) is 11.3 Å². The Bertz CT molecular complexity index is 553. The van der Waals surface area contributed by atoms with Crippen LogP contribution in [0.25, 0.3) is 0 Å². The summed E-state index contributed by atoms with van der Waals surface area (Å²) in [5, 5.41) is 11.0. The molecule has 1 amide bonds. The first-order chi connectivity index (χ1) is 11.7. The summed E-state index contributed by atoms with van der Waals surface area (Å²) in [4.78, 5) is 14.3. The van der Waals surface area contributed by atoms with E-state index < -0.39 is 29.6 Å². The van der Waals surface area contributed by atoms with Crippen molar-refractivity contribution >= 4 is 6.09 Å². The molecule has 2 rings (SSSR count). The maximum absolute atomic E-state index is 12.8. The molecule has 0 saturated carbocycles. The van der Waals surface area contributed by atoms with Crippen LogP contribution in [0.4, 0.5) is 4.79 Å². The fraction of sp³-hybridized carbons (Fsp3) is 0.857. The van der Waals surface area contributed by atoms with Gasteiger partial charge in [-0.05, 0) is 70.8 Å². The zero-order chi connectivity index (χ0) is 19.9. The quantitative estimate of drug-likeness (QED) is 0.731. The highest BCUT2D eigenvalue weighted by molar-refractivity contribution is 5.70. The smallest absolute Gasteiger partial charge is 0.413 e. The zero-order valence-corrected chi connectivity index (χ0v) is 17.8. The Morgan fingerprint density at radius 2 is 1.92 bits per heavy atom. The molecule has 0 aromatic rings. The number of ether oxygens (including phenoxy) is 2. The van der Waals surface area contributed by atoms with E-state index in [1.807, 2.05) is 34.6 Å². The van der Waals surface area contributed by atoms with Crippen molar-refractivity contribution in [1.82, 2.24) is 4.90 Å². The van der Waals surface area contributed by atoms with Crippen molar-refractivity contribution in [2.24, 2.45) is 11.3 Å². The van der Waals surface area contributed by atoms with Crippen LogP contribution in [-0.4, -0.2) is 46.2 Å². The van der Waals surface area contributed by atoms with Crippen molar-refractivity contribution in [2.75, 3.05) is 6.61 Å². The van der Waals surface area contributed by atoms with Gasteiger partial charge in [0, 0.05) is 0 Å². The van der Waals surface area contributed by atoms with Gasteiger partial charge in [-0.15, -0.1) is 0 Å². The number of aliphatic hydroxyl groups is 1. The van der Waals surface area contributed by atoms with Crippen molar-refractivity contribution in [1.29, 1.82) is 0 Å². The van der Waals surface area contributed by atoms with E-state index in [4.69, 9.17) is 9.47 Å². The lowest BCUT2D eigenvalue weighted by Gasteiger charge is -2.38. The molecule has 5 nitrogen and oxygen atoms in total. The maximum atomic E-state index is 12.8. The summed E-state index contributed by atoms with van der Waals surface area (Å²) in [6, 6.07) is -0.419. The third-order valence-electron chi connectivity index (χ3n) is 5.52. The van der Waals surface area contributed by atoms with Gasteiger partial charge >= 0.3 is 6.09 Å². The predicted octanol–water partition coefficient (Wildman–Crippen LogP) is 4.49. The fourth-order valence-electron chi connectivity index (χ4n) is 3.89. The Balaban J connectivity index is 2.15. The second-order valence-electron chi connectivity index (χ2n) is 10.2. The van der Waals surface area contributed by atoms with Gasteiger partial charge in [-0.2, -0.15) is 0 Å². The van der Waals surface area contributed by atoms with Gasteiger partial charge in [-0.3, -0.25) is 4.90 Å². The van der Waals surface area contributed by atoms with Gasteiger partial charge in [0.25, 0.3) is 0 Å². The van der Waals surface area contributed by atoms with Crippen LogP contribution in [0.3, 0.4) is 0 Å². The summed E-state index contributed by atoms with van der Waals surface area (Å²) in [7, 11) is 0. The van der Waals surface area contributed by atoms with Crippen LogP contribution in [-0.2, 0) is 9.47 Å². The number of carbonyl (C=O) groups excluding carboxylic acids is 1. The number of aliphatic hydroxyl groups excluding tert-OH is 1. The maximum Gasteiger partial charge on any atom is 0.413 e. The molecule has 2 unspecified atom stereocenters. The molecule has 0 aromatic carbocycles. The van der Waals surface area contributed by atoms with Crippen LogP contribution in [0.1, 0.15) is 74.7 Å². The topological polar surface area (TPSA) is 59.0 Å². The van der Waals surface area contributed by atoms with Gasteiger partial charge in [-0.1, -0.05) is 26.8 Å². The minimum absolute atomic E-state index is 0.272. The Kier molecular flexibility index (Phi) is 5.84.